The first-order chi connectivity index (χ1) is 8.16. The number of anilines is 1. The Hall–Kier alpha value is -1.26. The Morgan fingerprint density at radius 3 is 2.88 bits per heavy atom. The number of halogens is 1. The minimum absolute atomic E-state index is 0.303. The maximum absolute atomic E-state index is 6.09. The fraction of sp³-hybridized carbons (Fsp3) is 0.167. The van der Waals surface area contributed by atoms with Crippen molar-refractivity contribution in [2.24, 2.45) is 0 Å². The number of nitrogens with zero attached hydrogens (tertiary/aromatic N) is 2. The summed E-state index contributed by atoms with van der Waals surface area (Å²) in [6.07, 6.45) is 1.73. The van der Waals surface area contributed by atoms with Crippen molar-refractivity contribution in [2.75, 3.05) is 5.73 Å². The molecule has 2 N–H and O–H groups in total. The molecule has 17 heavy (non-hydrogen) atoms. The summed E-state index contributed by atoms with van der Waals surface area (Å²) in [4.78, 5) is 8.14. The third-order valence-corrected chi connectivity index (χ3v) is 3.78. The number of benzene rings is 1. The number of hydrogen-bond donors (Lipinski definition) is 1. The quantitative estimate of drug-likeness (QED) is 0.683. The van der Waals surface area contributed by atoms with Gasteiger partial charge in [0.25, 0.3) is 0 Å². The van der Waals surface area contributed by atoms with E-state index in [1.807, 2.05) is 31.2 Å². The van der Waals surface area contributed by atoms with Gasteiger partial charge in [-0.3, -0.25) is 0 Å². The number of aromatic nitrogens is 2. The zero-order valence-corrected chi connectivity index (χ0v) is 10.9. The van der Waals surface area contributed by atoms with Gasteiger partial charge in [-0.2, -0.15) is 0 Å². The van der Waals surface area contributed by atoms with Crippen molar-refractivity contribution in [1.82, 2.24) is 9.97 Å². The van der Waals surface area contributed by atoms with Gasteiger partial charge in [-0.15, -0.1) is 11.8 Å². The fourth-order valence-electron chi connectivity index (χ4n) is 1.35. The van der Waals surface area contributed by atoms with Crippen molar-refractivity contribution in [3.63, 3.8) is 0 Å². The summed E-state index contributed by atoms with van der Waals surface area (Å²) in [5.41, 5.74) is 7.68. The molecule has 0 saturated heterocycles. The van der Waals surface area contributed by atoms with Gasteiger partial charge in [0.15, 0.2) is 0 Å². The van der Waals surface area contributed by atoms with Gasteiger partial charge < -0.3 is 5.73 Å². The zero-order chi connectivity index (χ0) is 12.3. The standard InChI is InChI=1S/C12H12ClN3S/c1-8-6-15-12(14)16-11(8)17-7-9-4-2-3-5-10(9)13/h2-6H,7H2,1H3,(H2,14,15,16). The van der Waals surface area contributed by atoms with E-state index < -0.39 is 0 Å². The Morgan fingerprint density at radius 2 is 2.12 bits per heavy atom. The number of nitrogen functional groups attached to an aromatic ring is 1. The average molecular weight is 266 g/mol. The Balaban J connectivity index is 2.12. The molecular weight excluding hydrogens is 254 g/mol. The topological polar surface area (TPSA) is 51.8 Å². The Bertz CT molecular complexity index is 531. The first kappa shape index (κ1) is 12.2. The highest BCUT2D eigenvalue weighted by molar-refractivity contribution is 7.98. The lowest BCUT2D eigenvalue weighted by Gasteiger charge is -2.06. The highest BCUT2D eigenvalue weighted by Crippen LogP contribution is 2.27. The van der Waals surface area contributed by atoms with E-state index in [2.05, 4.69) is 9.97 Å². The first-order valence-corrected chi connectivity index (χ1v) is 6.48. The molecule has 3 nitrogen and oxygen atoms in total. The predicted molar refractivity (Wildman–Crippen MR) is 72.2 cm³/mol. The van der Waals surface area contributed by atoms with Gasteiger partial charge in [-0.1, -0.05) is 29.8 Å². The average Bonchev–Trinajstić information content (AvgIpc) is 2.32. The van der Waals surface area contributed by atoms with E-state index in [4.69, 9.17) is 17.3 Å². The van der Waals surface area contributed by atoms with Crippen molar-refractivity contribution in [3.05, 3.63) is 46.6 Å². The zero-order valence-electron chi connectivity index (χ0n) is 9.35. The number of nitrogens with two attached hydrogens (primary N) is 1. The largest absolute Gasteiger partial charge is 0.368 e. The summed E-state index contributed by atoms with van der Waals surface area (Å²) < 4.78 is 0. The fourth-order valence-corrected chi connectivity index (χ4v) is 2.61. The van der Waals surface area contributed by atoms with Crippen LogP contribution in [0.1, 0.15) is 11.1 Å². The number of thioether (sulfide) groups is 1. The van der Waals surface area contributed by atoms with E-state index in [9.17, 15) is 0 Å². The van der Waals surface area contributed by atoms with Gasteiger partial charge in [-0.25, -0.2) is 9.97 Å². The highest BCUT2D eigenvalue weighted by Gasteiger charge is 2.05. The maximum Gasteiger partial charge on any atom is 0.221 e. The lowest BCUT2D eigenvalue weighted by molar-refractivity contribution is 1.02. The second kappa shape index (κ2) is 5.38. The molecule has 0 aliphatic carbocycles. The smallest absolute Gasteiger partial charge is 0.221 e. The van der Waals surface area contributed by atoms with Crippen LogP contribution in [-0.2, 0) is 5.75 Å². The van der Waals surface area contributed by atoms with E-state index in [1.54, 1.807) is 18.0 Å². The van der Waals surface area contributed by atoms with Gasteiger partial charge >= 0.3 is 0 Å². The van der Waals surface area contributed by atoms with E-state index in [1.165, 1.54) is 0 Å². The molecule has 0 saturated carbocycles. The molecule has 1 aromatic carbocycles. The van der Waals surface area contributed by atoms with Crippen molar-refractivity contribution >= 4 is 29.3 Å². The van der Waals surface area contributed by atoms with Crippen molar-refractivity contribution in [1.29, 1.82) is 0 Å². The van der Waals surface area contributed by atoms with Crippen LogP contribution in [0.25, 0.3) is 0 Å². The summed E-state index contributed by atoms with van der Waals surface area (Å²) >= 11 is 7.70. The van der Waals surface area contributed by atoms with Crippen LogP contribution in [0.5, 0.6) is 0 Å². The van der Waals surface area contributed by atoms with E-state index in [0.29, 0.717) is 5.95 Å². The molecule has 88 valence electrons. The Labute approximate surface area is 109 Å². The normalized spacial score (nSPS) is 10.5. The summed E-state index contributed by atoms with van der Waals surface area (Å²) in [7, 11) is 0. The SMILES string of the molecule is Cc1cnc(N)nc1SCc1ccccc1Cl. The molecule has 0 radical (unpaired) electrons. The monoisotopic (exact) mass is 265 g/mol. The third-order valence-electron chi connectivity index (χ3n) is 2.27. The molecule has 0 unspecified atom stereocenters. The molecule has 0 spiro atoms. The minimum atomic E-state index is 0.303. The molecule has 0 bridgehead atoms. The third kappa shape index (κ3) is 3.11. The van der Waals surface area contributed by atoms with Crippen LogP contribution in [0.2, 0.25) is 5.02 Å². The van der Waals surface area contributed by atoms with Gasteiger partial charge in [0.05, 0.1) is 0 Å². The number of hydrogen-bond acceptors (Lipinski definition) is 4. The molecule has 1 heterocycles. The minimum Gasteiger partial charge on any atom is -0.368 e. The Kier molecular flexibility index (Phi) is 3.86. The van der Waals surface area contributed by atoms with Crippen LogP contribution in [0.3, 0.4) is 0 Å². The van der Waals surface area contributed by atoms with Crippen LogP contribution in [0, 0.1) is 6.92 Å². The van der Waals surface area contributed by atoms with E-state index >= 15 is 0 Å². The van der Waals surface area contributed by atoms with Crippen LogP contribution >= 0.6 is 23.4 Å². The van der Waals surface area contributed by atoms with Crippen LogP contribution in [-0.4, -0.2) is 9.97 Å². The molecule has 5 heteroatoms. The van der Waals surface area contributed by atoms with Crippen molar-refractivity contribution < 1.29 is 0 Å². The van der Waals surface area contributed by atoms with Gasteiger partial charge in [0.2, 0.25) is 5.95 Å². The molecule has 2 rings (SSSR count). The van der Waals surface area contributed by atoms with Gasteiger partial charge in [0.1, 0.15) is 5.03 Å². The van der Waals surface area contributed by atoms with E-state index in [-0.39, 0.29) is 0 Å². The number of rotatable bonds is 3. The molecule has 0 amide bonds. The lowest BCUT2D eigenvalue weighted by Crippen LogP contribution is -1.97. The first-order valence-electron chi connectivity index (χ1n) is 5.12. The van der Waals surface area contributed by atoms with Crippen LogP contribution in [0.4, 0.5) is 5.95 Å². The molecule has 0 fully saturated rings. The van der Waals surface area contributed by atoms with Crippen LogP contribution < -0.4 is 5.73 Å². The predicted octanol–water partition coefficient (Wildman–Crippen LogP) is 3.31. The lowest BCUT2D eigenvalue weighted by atomic mass is 10.2. The molecule has 2 aromatic rings. The number of aryl methyl sites for hydroxylation is 1. The Morgan fingerprint density at radius 1 is 1.35 bits per heavy atom. The summed E-state index contributed by atoms with van der Waals surface area (Å²) in [5.74, 6) is 1.08. The van der Waals surface area contributed by atoms with Crippen LogP contribution in [0.15, 0.2) is 35.5 Å². The summed E-state index contributed by atoms with van der Waals surface area (Å²) in [5, 5.41) is 1.68. The highest BCUT2D eigenvalue weighted by atomic mass is 35.5. The van der Waals surface area contributed by atoms with Gasteiger partial charge in [0, 0.05) is 17.0 Å². The summed E-state index contributed by atoms with van der Waals surface area (Å²) in [6, 6.07) is 7.79. The summed E-state index contributed by atoms with van der Waals surface area (Å²) in [6.45, 7) is 1.97. The van der Waals surface area contributed by atoms with Gasteiger partial charge in [-0.05, 0) is 24.1 Å². The molecule has 0 aliphatic rings. The van der Waals surface area contributed by atoms with E-state index in [0.717, 1.165) is 26.9 Å². The second-order valence-electron chi connectivity index (χ2n) is 3.60. The van der Waals surface area contributed by atoms with Crippen molar-refractivity contribution in [3.8, 4) is 0 Å². The second-order valence-corrected chi connectivity index (χ2v) is 4.97. The molecule has 0 aliphatic heterocycles. The maximum atomic E-state index is 6.09. The molecule has 1 aromatic heterocycles. The molecular formula is C12H12ClN3S. The van der Waals surface area contributed by atoms with Crippen molar-refractivity contribution in [2.45, 2.75) is 17.7 Å². The molecule has 0 atom stereocenters.